The Morgan fingerprint density at radius 3 is 2.65 bits per heavy atom. The van der Waals surface area contributed by atoms with E-state index in [2.05, 4.69) is 36.3 Å². The van der Waals surface area contributed by atoms with Crippen molar-refractivity contribution in [2.45, 2.75) is 39.2 Å². The minimum absolute atomic E-state index is 0.214. The van der Waals surface area contributed by atoms with E-state index >= 15 is 0 Å². The quantitative estimate of drug-likeness (QED) is 0.872. The molecule has 1 heterocycles. The molecule has 5 nitrogen and oxygen atoms in total. The standard InChI is InChI=1S/C13H17Cl2N5/c1-4-5-13(2,3)20-12(17-18-19-20)9-6-8(16)7-10(14)11(9)15/h6-7H,4-5,16H2,1-3H3. The zero-order chi connectivity index (χ0) is 14.9. The van der Waals surface area contributed by atoms with Gasteiger partial charge in [-0.2, -0.15) is 0 Å². The van der Waals surface area contributed by atoms with Crippen LogP contribution < -0.4 is 5.73 Å². The summed E-state index contributed by atoms with van der Waals surface area (Å²) in [4.78, 5) is 0. The molecule has 1 aromatic heterocycles. The monoisotopic (exact) mass is 313 g/mol. The molecule has 0 aliphatic carbocycles. The molecule has 0 aliphatic heterocycles. The Bertz CT molecular complexity index is 621. The second kappa shape index (κ2) is 5.58. The summed E-state index contributed by atoms with van der Waals surface area (Å²) < 4.78 is 1.77. The van der Waals surface area contributed by atoms with E-state index in [-0.39, 0.29) is 5.54 Å². The molecule has 0 saturated heterocycles. The van der Waals surface area contributed by atoms with Gasteiger partial charge in [0.25, 0.3) is 0 Å². The fraction of sp³-hybridized carbons (Fsp3) is 0.462. The highest BCUT2D eigenvalue weighted by molar-refractivity contribution is 6.43. The maximum absolute atomic E-state index is 6.26. The lowest BCUT2D eigenvalue weighted by Gasteiger charge is -2.25. The van der Waals surface area contributed by atoms with Crippen LogP contribution >= 0.6 is 23.2 Å². The third kappa shape index (κ3) is 2.74. The lowest BCUT2D eigenvalue weighted by Crippen LogP contribution is -2.28. The third-order valence-corrected chi connectivity index (χ3v) is 4.00. The molecule has 7 heteroatoms. The van der Waals surface area contributed by atoms with Crippen LogP contribution in [0.4, 0.5) is 5.69 Å². The van der Waals surface area contributed by atoms with Gasteiger partial charge in [0.15, 0.2) is 5.82 Å². The number of benzene rings is 1. The van der Waals surface area contributed by atoms with Crippen LogP contribution in [0.25, 0.3) is 11.4 Å². The number of nitrogens with two attached hydrogens (primary N) is 1. The summed E-state index contributed by atoms with van der Waals surface area (Å²) in [6.07, 6.45) is 1.97. The van der Waals surface area contributed by atoms with Gasteiger partial charge >= 0.3 is 0 Å². The largest absolute Gasteiger partial charge is 0.399 e. The van der Waals surface area contributed by atoms with E-state index < -0.39 is 0 Å². The first kappa shape index (κ1) is 15.1. The van der Waals surface area contributed by atoms with Gasteiger partial charge in [-0.05, 0) is 42.8 Å². The number of anilines is 1. The number of hydrogen-bond donors (Lipinski definition) is 1. The fourth-order valence-electron chi connectivity index (χ4n) is 2.25. The molecule has 2 N–H and O–H groups in total. The summed E-state index contributed by atoms with van der Waals surface area (Å²) in [6, 6.07) is 3.34. The SMILES string of the molecule is CCCC(C)(C)n1nnnc1-c1cc(N)cc(Cl)c1Cl. The Morgan fingerprint density at radius 1 is 1.30 bits per heavy atom. The van der Waals surface area contributed by atoms with Crippen LogP contribution in [0.3, 0.4) is 0 Å². The van der Waals surface area contributed by atoms with E-state index in [1.165, 1.54) is 0 Å². The highest BCUT2D eigenvalue weighted by atomic mass is 35.5. The van der Waals surface area contributed by atoms with Gasteiger partial charge in [0.2, 0.25) is 0 Å². The topological polar surface area (TPSA) is 69.6 Å². The highest BCUT2D eigenvalue weighted by Crippen LogP contribution is 2.36. The second-order valence-electron chi connectivity index (χ2n) is 5.34. The molecular formula is C13H17Cl2N5. The Balaban J connectivity index is 2.59. The van der Waals surface area contributed by atoms with E-state index in [9.17, 15) is 0 Å². The van der Waals surface area contributed by atoms with Crippen LogP contribution in [-0.4, -0.2) is 20.2 Å². The smallest absolute Gasteiger partial charge is 0.184 e. The fourth-order valence-corrected chi connectivity index (χ4v) is 2.67. The van der Waals surface area contributed by atoms with Crippen LogP contribution in [0.15, 0.2) is 12.1 Å². The number of tetrazole rings is 1. The zero-order valence-corrected chi connectivity index (χ0v) is 13.2. The third-order valence-electron chi connectivity index (χ3n) is 3.20. The van der Waals surface area contributed by atoms with Gasteiger partial charge in [-0.3, -0.25) is 0 Å². The molecule has 0 saturated carbocycles. The maximum Gasteiger partial charge on any atom is 0.184 e. The van der Waals surface area contributed by atoms with Gasteiger partial charge in [-0.1, -0.05) is 36.5 Å². The van der Waals surface area contributed by atoms with Gasteiger partial charge < -0.3 is 5.73 Å². The van der Waals surface area contributed by atoms with Crippen molar-refractivity contribution in [1.82, 2.24) is 20.2 Å². The summed E-state index contributed by atoms with van der Waals surface area (Å²) in [7, 11) is 0. The van der Waals surface area contributed by atoms with E-state index in [0.29, 0.717) is 27.1 Å². The van der Waals surface area contributed by atoms with Crippen LogP contribution in [0, 0.1) is 0 Å². The lowest BCUT2D eigenvalue weighted by atomic mass is 9.98. The van der Waals surface area contributed by atoms with Crippen molar-refractivity contribution in [2.24, 2.45) is 0 Å². The number of aromatic nitrogens is 4. The summed E-state index contributed by atoms with van der Waals surface area (Å²) in [5.41, 5.74) is 6.79. The zero-order valence-electron chi connectivity index (χ0n) is 11.7. The average Bonchev–Trinajstić information content (AvgIpc) is 2.83. The molecule has 108 valence electrons. The van der Waals surface area contributed by atoms with Crippen molar-refractivity contribution in [3.05, 3.63) is 22.2 Å². The lowest BCUT2D eigenvalue weighted by molar-refractivity contribution is 0.290. The molecule has 2 rings (SSSR count). The van der Waals surface area contributed by atoms with Crippen molar-refractivity contribution in [3.63, 3.8) is 0 Å². The second-order valence-corrected chi connectivity index (χ2v) is 6.13. The summed E-state index contributed by atoms with van der Waals surface area (Å²) >= 11 is 12.3. The van der Waals surface area contributed by atoms with Crippen LogP contribution in [0.2, 0.25) is 10.0 Å². The molecule has 0 spiro atoms. The van der Waals surface area contributed by atoms with Crippen molar-refractivity contribution in [3.8, 4) is 11.4 Å². The van der Waals surface area contributed by atoms with Gasteiger partial charge in [-0.15, -0.1) is 5.10 Å². The Labute approximate surface area is 128 Å². The number of hydrogen-bond acceptors (Lipinski definition) is 4. The number of halogens is 2. The molecule has 20 heavy (non-hydrogen) atoms. The Morgan fingerprint density at radius 2 is 2.00 bits per heavy atom. The van der Waals surface area contributed by atoms with Crippen LogP contribution in [-0.2, 0) is 5.54 Å². The van der Waals surface area contributed by atoms with Gasteiger partial charge in [-0.25, -0.2) is 4.68 Å². The number of nitrogens with zero attached hydrogens (tertiary/aromatic N) is 4. The molecule has 0 atom stereocenters. The van der Waals surface area contributed by atoms with E-state index in [4.69, 9.17) is 28.9 Å². The molecule has 0 amide bonds. The first-order valence-electron chi connectivity index (χ1n) is 6.40. The number of rotatable bonds is 4. The van der Waals surface area contributed by atoms with Crippen molar-refractivity contribution in [1.29, 1.82) is 0 Å². The number of nitrogen functional groups attached to an aromatic ring is 1. The average molecular weight is 314 g/mol. The summed E-state index contributed by atoms with van der Waals surface area (Å²) in [5.74, 6) is 0.572. The molecule has 2 aromatic rings. The van der Waals surface area contributed by atoms with Crippen molar-refractivity contribution in [2.75, 3.05) is 5.73 Å². The minimum atomic E-state index is -0.214. The van der Waals surface area contributed by atoms with E-state index in [0.717, 1.165) is 12.8 Å². The van der Waals surface area contributed by atoms with Crippen molar-refractivity contribution < 1.29 is 0 Å². The molecule has 1 aromatic carbocycles. The molecule has 0 aliphatic rings. The highest BCUT2D eigenvalue weighted by Gasteiger charge is 2.26. The molecular weight excluding hydrogens is 297 g/mol. The van der Waals surface area contributed by atoms with E-state index in [1.54, 1.807) is 16.8 Å². The predicted molar refractivity (Wildman–Crippen MR) is 81.9 cm³/mol. The normalized spacial score (nSPS) is 11.8. The molecule has 0 bridgehead atoms. The predicted octanol–water partition coefficient (Wildman–Crippen LogP) is 3.76. The molecule has 0 fully saturated rings. The van der Waals surface area contributed by atoms with Crippen LogP contribution in [0.1, 0.15) is 33.6 Å². The van der Waals surface area contributed by atoms with E-state index in [1.807, 2.05) is 0 Å². The van der Waals surface area contributed by atoms with Gasteiger partial charge in [0.05, 0.1) is 15.6 Å². The Hall–Kier alpha value is -1.33. The summed E-state index contributed by atoms with van der Waals surface area (Å²) in [5, 5.41) is 12.7. The molecule has 0 unspecified atom stereocenters. The first-order chi connectivity index (χ1) is 9.36. The van der Waals surface area contributed by atoms with Crippen LogP contribution in [0.5, 0.6) is 0 Å². The maximum atomic E-state index is 6.26. The minimum Gasteiger partial charge on any atom is -0.399 e. The first-order valence-corrected chi connectivity index (χ1v) is 7.16. The molecule has 0 radical (unpaired) electrons. The Kier molecular flexibility index (Phi) is 4.20. The summed E-state index contributed by atoms with van der Waals surface area (Å²) in [6.45, 7) is 6.28. The van der Waals surface area contributed by atoms with Crippen molar-refractivity contribution >= 4 is 28.9 Å². The van der Waals surface area contributed by atoms with Gasteiger partial charge in [0.1, 0.15) is 0 Å². The van der Waals surface area contributed by atoms with Gasteiger partial charge in [0, 0.05) is 11.3 Å².